The molecule has 0 aliphatic carbocycles. The Morgan fingerprint density at radius 1 is 1.09 bits per heavy atom. The van der Waals surface area contributed by atoms with Crippen molar-refractivity contribution in [3.05, 3.63) is 65.2 Å². The molecule has 0 bridgehead atoms. The maximum Gasteiger partial charge on any atom is 0.255 e. The van der Waals surface area contributed by atoms with E-state index in [1.54, 1.807) is 13.2 Å². The molecule has 0 aliphatic heterocycles. The van der Waals surface area contributed by atoms with Gasteiger partial charge in [0.15, 0.2) is 0 Å². The molecule has 0 saturated carbocycles. The van der Waals surface area contributed by atoms with Gasteiger partial charge in [-0.25, -0.2) is 0 Å². The number of nitrogens with one attached hydrogen (secondary N) is 2. The van der Waals surface area contributed by atoms with E-state index < -0.39 is 0 Å². The van der Waals surface area contributed by atoms with Gasteiger partial charge < -0.3 is 15.4 Å². The molecule has 0 atom stereocenters. The first kappa shape index (κ1) is 16.2. The normalized spacial score (nSPS) is 10.5. The summed E-state index contributed by atoms with van der Waals surface area (Å²) in [6, 6.07) is 15.3. The van der Waals surface area contributed by atoms with Gasteiger partial charge in [-0.2, -0.15) is 0 Å². The Morgan fingerprint density at radius 3 is 2.64 bits per heavy atom. The maximum atomic E-state index is 12.3. The Balaban J connectivity index is 2.06. The smallest absolute Gasteiger partial charge is 0.255 e. The van der Waals surface area contributed by atoms with E-state index in [2.05, 4.69) is 17.6 Å². The molecule has 0 aromatic heterocycles. The van der Waals surface area contributed by atoms with Gasteiger partial charge in [0.1, 0.15) is 0 Å². The largest absolute Gasteiger partial charge is 0.380 e. The number of methoxy groups -OCH3 is 1. The molecule has 0 radical (unpaired) electrons. The van der Waals surface area contributed by atoms with Gasteiger partial charge in [0.2, 0.25) is 0 Å². The van der Waals surface area contributed by atoms with Gasteiger partial charge >= 0.3 is 0 Å². The second kappa shape index (κ2) is 8.32. The van der Waals surface area contributed by atoms with Crippen molar-refractivity contribution in [3.63, 3.8) is 0 Å². The molecule has 2 rings (SSSR count). The highest BCUT2D eigenvalue weighted by atomic mass is 16.5. The number of ether oxygens (including phenoxy) is 1. The first-order chi connectivity index (χ1) is 10.7. The van der Waals surface area contributed by atoms with E-state index in [1.807, 2.05) is 42.5 Å². The summed E-state index contributed by atoms with van der Waals surface area (Å²) in [5.74, 6) is -0.112. The molecule has 2 aromatic rings. The van der Waals surface area contributed by atoms with Crippen molar-refractivity contribution in [1.29, 1.82) is 0 Å². The minimum absolute atomic E-state index is 0.112. The van der Waals surface area contributed by atoms with Gasteiger partial charge in [0.05, 0.1) is 6.61 Å². The number of hydrogen-bond acceptors (Lipinski definition) is 3. The first-order valence-electron chi connectivity index (χ1n) is 7.42. The summed E-state index contributed by atoms with van der Waals surface area (Å²) in [5, 5.41) is 6.21. The van der Waals surface area contributed by atoms with Gasteiger partial charge in [-0.15, -0.1) is 0 Å². The van der Waals surface area contributed by atoms with Crippen molar-refractivity contribution in [2.24, 2.45) is 0 Å². The fourth-order valence-corrected chi connectivity index (χ4v) is 2.20. The maximum absolute atomic E-state index is 12.3. The van der Waals surface area contributed by atoms with E-state index in [-0.39, 0.29) is 5.91 Å². The zero-order chi connectivity index (χ0) is 15.8. The summed E-state index contributed by atoms with van der Waals surface area (Å²) in [4.78, 5) is 12.3. The highest BCUT2D eigenvalue weighted by Crippen LogP contribution is 2.13. The lowest BCUT2D eigenvalue weighted by molar-refractivity contribution is 0.102. The van der Waals surface area contributed by atoms with Crippen LogP contribution in [0, 0.1) is 0 Å². The molecule has 22 heavy (non-hydrogen) atoms. The monoisotopic (exact) mass is 298 g/mol. The summed E-state index contributed by atoms with van der Waals surface area (Å²) in [6.07, 6.45) is 0. The Morgan fingerprint density at radius 2 is 1.86 bits per heavy atom. The molecule has 0 fully saturated rings. The standard InChI is InChI=1S/C18H22N2O2/c1-3-19-12-14-6-5-9-17(11-14)20-18(21)16-8-4-7-15(10-16)13-22-2/h4-11,19H,3,12-13H2,1-2H3,(H,20,21). The number of anilines is 1. The number of carbonyl (C=O) groups excluding carboxylic acids is 1. The second-order valence-electron chi connectivity index (χ2n) is 5.07. The fourth-order valence-electron chi connectivity index (χ4n) is 2.20. The molecule has 0 aliphatic rings. The second-order valence-corrected chi connectivity index (χ2v) is 5.07. The van der Waals surface area contributed by atoms with E-state index in [0.717, 1.165) is 29.9 Å². The van der Waals surface area contributed by atoms with Crippen LogP contribution in [-0.4, -0.2) is 19.6 Å². The molecule has 1 amide bonds. The Hall–Kier alpha value is -2.17. The van der Waals surface area contributed by atoms with E-state index in [4.69, 9.17) is 4.74 Å². The summed E-state index contributed by atoms with van der Waals surface area (Å²) in [6.45, 7) is 4.28. The average molecular weight is 298 g/mol. The third-order valence-corrected chi connectivity index (χ3v) is 3.26. The minimum atomic E-state index is -0.112. The Kier molecular flexibility index (Phi) is 6.13. The summed E-state index contributed by atoms with van der Waals surface area (Å²) in [5.41, 5.74) is 3.56. The highest BCUT2D eigenvalue weighted by molar-refractivity contribution is 6.04. The fraction of sp³-hybridized carbons (Fsp3) is 0.278. The van der Waals surface area contributed by atoms with Crippen LogP contribution in [0.5, 0.6) is 0 Å². The zero-order valence-corrected chi connectivity index (χ0v) is 13.1. The van der Waals surface area contributed by atoms with Crippen LogP contribution < -0.4 is 10.6 Å². The average Bonchev–Trinajstić information content (AvgIpc) is 2.54. The van der Waals surface area contributed by atoms with E-state index >= 15 is 0 Å². The van der Waals surface area contributed by atoms with Crippen molar-refractivity contribution in [2.45, 2.75) is 20.1 Å². The third-order valence-electron chi connectivity index (χ3n) is 3.26. The van der Waals surface area contributed by atoms with Gasteiger partial charge in [0.25, 0.3) is 5.91 Å². The predicted octanol–water partition coefficient (Wildman–Crippen LogP) is 3.19. The number of benzene rings is 2. The van der Waals surface area contributed by atoms with E-state index in [0.29, 0.717) is 12.2 Å². The molecule has 0 heterocycles. The number of rotatable bonds is 7. The molecule has 0 saturated heterocycles. The van der Waals surface area contributed by atoms with Gasteiger partial charge in [-0.05, 0) is 41.9 Å². The summed E-state index contributed by atoms with van der Waals surface area (Å²) >= 11 is 0. The van der Waals surface area contributed by atoms with Crippen LogP contribution in [0.25, 0.3) is 0 Å². The van der Waals surface area contributed by atoms with Crippen LogP contribution >= 0.6 is 0 Å². The quantitative estimate of drug-likeness (QED) is 0.825. The highest BCUT2D eigenvalue weighted by Gasteiger charge is 2.07. The summed E-state index contributed by atoms with van der Waals surface area (Å²) in [7, 11) is 1.64. The molecular formula is C18H22N2O2. The number of hydrogen-bond donors (Lipinski definition) is 2. The lowest BCUT2D eigenvalue weighted by Crippen LogP contribution is -2.14. The summed E-state index contributed by atoms with van der Waals surface area (Å²) < 4.78 is 5.10. The Labute approximate surface area is 131 Å². The molecule has 0 spiro atoms. The van der Waals surface area contributed by atoms with Crippen LogP contribution in [0.15, 0.2) is 48.5 Å². The minimum Gasteiger partial charge on any atom is -0.380 e. The van der Waals surface area contributed by atoms with Gasteiger partial charge in [0, 0.05) is 24.9 Å². The van der Waals surface area contributed by atoms with Crippen LogP contribution in [0.4, 0.5) is 5.69 Å². The zero-order valence-electron chi connectivity index (χ0n) is 13.1. The third kappa shape index (κ3) is 4.69. The molecule has 4 heteroatoms. The number of carbonyl (C=O) groups is 1. The van der Waals surface area contributed by atoms with E-state index in [9.17, 15) is 4.79 Å². The molecule has 4 nitrogen and oxygen atoms in total. The SMILES string of the molecule is CCNCc1cccc(NC(=O)c2cccc(COC)c2)c1. The molecule has 116 valence electrons. The van der Waals surface area contributed by atoms with Crippen molar-refractivity contribution in [1.82, 2.24) is 5.32 Å². The topological polar surface area (TPSA) is 50.4 Å². The molecule has 2 aromatic carbocycles. The van der Waals surface area contributed by atoms with Crippen molar-refractivity contribution < 1.29 is 9.53 Å². The van der Waals surface area contributed by atoms with Crippen LogP contribution in [0.2, 0.25) is 0 Å². The van der Waals surface area contributed by atoms with Crippen LogP contribution in [0.3, 0.4) is 0 Å². The Bertz CT molecular complexity index is 626. The molecule has 0 unspecified atom stereocenters. The molecule has 2 N–H and O–H groups in total. The van der Waals surface area contributed by atoms with Crippen molar-refractivity contribution in [2.75, 3.05) is 19.0 Å². The first-order valence-corrected chi connectivity index (χ1v) is 7.42. The van der Waals surface area contributed by atoms with Crippen molar-refractivity contribution >= 4 is 11.6 Å². The van der Waals surface area contributed by atoms with E-state index in [1.165, 1.54) is 0 Å². The number of amides is 1. The van der Waals surface area contributed by atoms with Crippen LogP contribution in [0.1, 0.15) is 28.4 Å². The van der Waals surface area contributed by atoms with Gasteiger partial charge in [-0.1, -0.05) is 31.2 Å². The lowest BCUT2D eigenvalue weighted by Gasteiger charge is -2.09. The lowest BCUT2D eigenvalue weighted by atomic mass is 10.1. The van der Waals surface area contributed by atoms with Gasteiger partial charge in [-0.3, -0.25) is 4.79 Å². The van der Waals surface area contributed by atoms with Crippen LogP contribution in [-0.2, 0) is 17.9 Å². The van der Waals surface area contributed by atoms with Crippen molar-refractivity contribution in [3.8, 4) is 0 Å². The molecular weight excluding hydrogens is 276 g/mol. The predicted molar refractivity (Wildman–Crippen MR) is 88.9 cm³/mol.